The molecule has 1 aliphatic heterocycles. The van der Waals surface area contributed by atoms with Gasteiger partial charge in [0, 0.05) is 30.9 Å². The van der Waals surface area contributed by atoms with Gasteiger partial charge in [0.2, 0.25) is 0 Å². The van der Waals surface area contributed by atoms with Gasteiger partial charge in [-0.25, -0.2) is 9.97 Å². The third-order valence-corrected chi connectivity index (χ3v) is 4.81. The molecular formula is C19H17N7. The zero-order valence-corrected chi connectivity index (χ0v) is 14.1. The number of fused-ring (bicyclic) bond motifs is 1. The SMILES string of the molecule is c1ccc(-n2nnc3c(N4CCC(c5ccccn5)C4)ncnc32)cc1. The maximum atomic E-state index is 4.50. The van der Waals surface area contributed by atoms with Gasteiger partial charge < -0.3 is 4.90 Å². The highest BCUT2D eigenvalue weighted by Crippen LogP contribution is 2.31. The van der Waals surface area contributed by atoms with E-state index in [1.807, 2.05) is 48.7 Å². The maximum absolute atomic E-state index is 4.50. The van der Waals surface area contributed by atoms with Crippen LogP contribution < -0.4 is 4.90 Å². The molecule has 3 aromatic heterocycles. The molecule has 0 bridgehead atoms. The number of aromatic nitrogens is 6. The normalized spacial score (nSPS) is 17.1. The molecule has 4 aromatic rings. The zero-order chi connectivity index (χ0) is 17.3. The van der Waals surface area contributed by atoms with Gasteiger partial charge in [-0.15, -0.1) is 5.10 Å². The van der Waals surface area contributed by atoms with Gasteiger partial charge in [-0.2, -0.15) is 4.68 Å². The van der Waals surface area contributed by atoms with Crippen molar-refractivity contribution in [3.05, 3.63) is 66.7 Å². The van der Waals surface area contributed by atoms with Gasteiger partial charge in [-0.1, -0.05) is 29.5 Å². The standard InChI is InChI=1S/C19H17N7/c1-2-6-15(7-3-1)26-19-17(23-24-26)18(21-13-22-19)25-11-9-14(12-25)16-8-4-5-10-20-16/h1-8,10,13-14H,9,11-12H2. The number of benzene rings is 1. The third kappa shape index (κ3) is 2.48. The molecule has 1 atom stereocenters. The number of anilines is 1. The second-order valence-corrected chi connectivity index (χ2v) is 6.39. The second-order valence-electron chi connectivity index (χ2n) is 6.39. The largest absolute Gasteiger partial charge is 0.354 e. The van der Waals surface area contributed by atoms with Crippen molar-refractivity contribution in [2.75, 3.05) is 18.0 Å². The van der Waals surface area contributed by atoms with E-state index in [2.05, 4.69) is 36.2 Å². The van der Waals surface area contributed by atoms with E-state index in [1.165, 1.54) is 0 Å². The third-order valence-electron chi connectivity index (χ3n) is 4.81. The Kier molecular flexibility index (Phi) is 3.55. The van der Waals surface area contributed by atoms with E-state index in [-0.39, 0.29) is 0 Å². The summed E-state index contributed by atoms with van der Waals surface area (Å²) < 4.78 is 1.76. The van der Waals surface area contributed by atoms with E-state index in [0.29, 0.717) is 5.92 Å². The molecule has 7 nitrogen and oxygen atoms in total. The van der Waals surface area contributed by atoms with E-state index in [4.69, 9.17) is 0 Å². The van der Waals surface area contributed by atoms with E-state index in [9.17, 15) is 0 Å². The Bertz CT molecular complexity index is 1030. The summed E-state index contributed by atoms with van der Waals surface area (Å²) in [6.45, 7) is 1.80. The average molecular weight is 343 g/mol. The van der Waals surface area contributed by atoms with Crippen LogP contribution in [0.2, 0.25) is 0 Å². The summed E-state index contributed by atoms with van der Waals surface area (Å²) >= 11 is 0. The molecule has 1 aliphatic rings. The topological polar surface area (TPSA) is 72.6 Å². The zero-order valence-electron chi connectivity index (χ0n) is 14.1. The van der Waals surface area contributed by atoms with Crippen LogP contribution in [-0.4, -0.2) is 43.0 Å². The summed E-state index contributed by atoms with van der Waals surface area (Å²) in [6.07, 6.45) is 4.50. The smallest absolute Gasteiger partial charge is 0.189 e. The molecule has 5 rings (SSSR count). The van der Waals surface area contributed by atoms with Crippen LogP contribution >= 0.6 is 0 Å². The fourth-order valence-corrected chi connectivity index (χ4v) is 3.52. The molecule has 7 heteroatoms. The molecule has 1 saturated heterocycles. The van der Waals surface area contributed by atoms with Crippen molar-refractivity contribution in [3.63, 3.8) is 0 Å². The van der Waals surface area contributed by atoms with Crippen LogP contribution in [0.3, 0.4) is 0 Å². The van der Waals surface area contributed by atoms with Crippen LogP contribution in [0.5, 0.6) is 0 Å². The van der Waals surface area contributed by atoms with Crippen molar-refractivity contribution in [1.29, 1.82) is 0 Å². The summed E-state index contributed by atoms with van der Waals surface area (Å²) in [5, 5.41) is 8.67. The van der Waals surface area contributed by atoms with Crippen molar-refractivity contribution in [3.8, 4) is 5.69 Å². The predicted octanol–water partition coefficient (Wildman–Crippen LogP) is 2.60. The first-order valence-corrected chi connectivity index (χ1v) is 8.68. The minimum Gasteiger partial charge on any atom is -0.354 e. The molecule has 0 saturated carbocycles. The highest BCUT2D eigenvalue weighted by Gasteiger charge is 2.28. The van der Waals surface area contributed by atoms with Gasteiger partial charge >= 0.3 is 0 Å². The fraction of sp³-hybridized carbons (Fsp3) is 0.211. The van der Waals surface area contributed by atoms with Gasteiger partial charge in [-0.05, 0) is 30.7 Å². The van der Waals surface area contributed by atoms with Gasteiger partial charge in [0.15, 0.2) is 17.0 Å². The number of para-hydroxylation sites is 1. The Morgan fingerprint density at radius 3 is 2.65 bits per heavy atom. The molecule has 0 amide bonds. The Labute approximate surface area is 150 Å². The van der Waals surface area contributed by atoms with Crippen molar-refractivity contribution in [2.45, 2.75) is 12.3 Å². The van der Waals surface area contributed by atoms with Crippen molar-refractivity contribution < 1.29 is 0 Å². The second kappa shape index (κ2) is 6.18. The lowest BCUT2D eigenvalue weighted by atomic mass is 10.0. The molecule has 1 fully saturated rings. The number of hydrogen-bond donors (Lipinski definition) is 0. The molecule has 0 radical (unpaired) electrons. The summed E-state index contributed by atoms with van der Waals surface area (Å²) in [5.74, 6) is 1.25. The van der Waals surface area contributed by atoms with Crippen molar-refractivity contribution in [2.24, 2.45) is 0 Å². The molecule has 0 N–H and O–H groups in total. The molecule has 26 heavy (non-hydrogen) atoms. The van der Waals surface area contributed by atoms with Gasteiger partial charge in [0.25, 0.3) is 0 Å². The molecule has 0 aliphatic carbocycles. The molecule has 0 spiro atoms. The molecule has 4 heterocycles. The van der Waals surface area contributed by atoms with Gasteiger partial charge in [0.05, 0.1) is 5.69 Å². The van der Waals surface area contributed by atoms with E-state index < -0.39 is 0 Å². The predicted molar refractivity (Wildman–Crippen MR) is 98.3 cm³/mol. The molecule has 1 aromatic carbocycles. The number of nitrogens with zero attached hydrogens (tertiary/aromatic N) is 7. The number of rotatable bonds is 3. The Hall–Kier alpha value is -3.35. The lowest BCUT2D eigenvalue weighted by Gasteiger charge is -2.17. The maximum Gasteiger partial charge on any atom is 0.189 e. The Morgan fingerprint density at radius 1 is 0.923 bits per heavy atom. The monoisotopic (exact) mass is 343 g/mol. The minimum absolute atomic E-state index is 0.408. The van der Waals surface area contributed by atoms with Crippen molar-refractivity contribution >= 4 is 17.0 Å². The lowest BCUT2D eigenvalue weighted by Crippen LogP contribution is -2.21. The fourth-order valence-electron chi connectivity index (χ4n) is 3.52. The van der Waals surface area contributed by atoms with Crippen LogP contribution in [0, 0.1) is 0 Å². The molecule has 128 valence electrons. The van der Waals surface area contributed by atoms with Gasteiger partial charge in [-0.3, -0.25) is 4.98 Å². The highest BCUT2D eigenvalue weighted by molar-refractivity contribution is 5.83. The summed E-state index contributed by atoms with van der Waals surface area (Å²) in [6, 6.07) is 16.0. The van der Waals surface area contributed by atoms with E-state index >= 15 is 0 Å². The first kappa shape index (κ1) is 14.9. The Balaban J connectivity index is 1.50. The number of hydrogen-bond acceptors (Lipinski definition) is 6. The Morgan fingerprint density at radius 2 is 1.81 bits per heavy atom. The van der Waals surface area contributed by atoms with Gasteiger partial charge in [0.1, 0.15) is 6.33 Å². The quantitative estimate of drug-likeness (QED) is 0.569. The van der Waals surface area contributed by atoms with E-state index in [1.54, 1.807) is 11.0 Å². The lowest BCUT2D eigenvalue weighted by molar-refractivity contribution is 0.744. The summed E-state index contributed by atoms with van der Waals surface area (Å²) in [4.78, 5) is 15.7. The first-order valence-electron chi connectivity index (χ1n) is 8.68. The molecule has 1 unspecified atom stereocenters. The highest BCUT2D eigenvalue weighted by atomic mass is 15.5. The average Bonchev–Trinajstić information content (AvgIpc) is 3.37. The summed E-state index contributed by atoms with van der Waals surface area (Å²) in [5.41, 5.74) is 3.53. The van der Waals surface area contributed by atoms with Crippen LogP contribution in [0.1, 0.15) is 18.0 Å². The summed E-state index contributed by atoms with van der Waals surface area (Å²) in [7, 11) is 0. The van der Waals surface area contributed by atoms with Crippen LogP contribution in [0.15, 0.2) is 61.1 Å². The van der Waals surface area contributed by atoms with Crippen molar-refractivity contribution in [1.82, 2.24) is 29.9 Å². The molecular weight excluding hydrogens is 326 g/mol. The number of pyridine rings is 1. The first-order chi connectivity index (χ1) is 12.9. The van der Waals surface area contributed by atoms with E-state index in [0.717, 1.165) is 47.9 Å². The van der Waals surface area contributed by atoms with Crippen LogP contribution in [0.4, 0.5) is 5.82 Å². The van der Waals surface area contributed by atoms with Crippen LogP contribution in [0.25, 0.3) is 16.9 Å². The minimum atomic E-state index is 0.408. The van der Waals surface area contributed by atoms with Crippen LogP contribution in [-0.2, 0) is 0 Å².